The smallest absolute Gasteiger partial charge is 0.0440 e. The fourth-order valence-electron chi connectivity index (χ4n) is 7.05. The molecule has 2 unspecified atom stereocenters. The van der Waals surface area contributed by atoms with Crippen molar-refractivity contribution in [3.8, 4) is 0 Å². The lowest BCUT2D eigenvalue weighted by molar-refractivity contribution is 0.214. The molecule has 3 atom stereocenters. The summed E-state index contributed by atoms with van der Waals surface area (Å²) in [5.74, 6) is 1.29. The highest BCUT2D eigenvalue weighted by atomic mass is 32.1. The maximum absolute atomic E-state index is 3.97. The van der Waals surface area contributed by atoms with E-state index in [-0.39, 0.29) is 5.41 Å². The number of benzene rings is 4. The first-order chi connectivity index (χ1) is 19.1. The maximum atomic E-state index is 3.97. The molecule has 0 spiro atoms. The van der Waals surface area contributed by atoms with Gasteiger partial charge in [0.2, 0.25) is 0 Å². The molecular weight excluding hydrogens is 511 g/mol. The Morgan fingerprint density at radius 3 is 2.54 bits per heavy atom. The molecule has 6 aromatic rings. The number of fused-ring (bicyclic) bond motifs is 8. The summed E-state index contributed by atoms with van der Waals surface area (Å²) in [4.78, 5) is 1.53. The minimum atomic E-state index is 0.115. The molecule has 8 rings (SSSR count). The largest absolute Gasteiger partial charge is 0.355 e. The van der Waals surface area contributed by atoms with Gasteiger partial charge in [0.15, 0.2) is 0 Å². The van der Waals surface area contributed by atoms with Crippen molar-refractivity contribution in [3.63, 3.8) is 0 Å². The quantitative estimate of drug-likeness (QED) is 0.220. The summed E-state index contributed by atoms with van der Waals surface area (Å²) in [6, 6.07) is 29.2. The van der Waals surface area contributed by atoms with Crippen LogP contribution in [0, 0.1) is 17.3 Å². The molecule has 0 saturated carbocycles. The average molecular weight is 542 g/mol. The summed E-state index contributed by atoms with van der Waals surface area (Å²) < 4.78 is 4.12. The standard InChI is InChI=1S/C36H31NS2/c1-22-8-7-10-24(18-22)36(2)20-30(37-25-15-17-32-29(19-25)27-12-5-6-13-31(27)38-32)34-28-16-14-23-9-3-4-11-26(23)35(28)39-33(34)21-36/h3-9,11-17,19-20,22,24,37H,10,18,21H2,1-2H3/t22-,24?,36?/m1/s1. The monoisotopic (exact) mass is 541 g/mol. The van der Waals surface area contributed by atoms with E-state index >= 15 is 0 Å². The Kier molecular flexibility index (Phi) is 5.30. The fourth-order valence-corrected chi connectivity index (χ4v) is 9.66. The van der Waals surface area contributed by atoms with Crippen molar-refractivity contribution in [1.29, 1.82) is 0 Å². The molecule has 39 heavy (non-hydrogen) atoms. The molecule has 0 fully saturated rings. The third-order valence-electron chi connectivity index (χ3n) is 9.07. The molecule has 2 aromatic heterocycles. The van der Waals surface area contributed by atoms with Gasteiger partial charge in [0, 0.05) is 52.1 Å². The molecule has 1 nitrogen and oxygen atoms in total. The van der Waals surface area contributed by atoms with Crippen LogP contribution in [0.1, 0.15) is 37.1 Å². The van der Waals surface area contributed by atoms with Crippen LogP contribution in [0.4, 0.5) is 5.69 Å². The zero-order valence-corrected chi connectivity index (χ0v) is 24.0. The van der Waals surface area contributed by atoms with E-state index in [2.05, 4.69) is 116 Å². The summed E-state index contributed by atoms with van der Waals surface area (Å²) in [5.41, 5.74) is 3.98. The summed E-state index contributed by atoms with van der Waals surface area (Å²) in [5, 5.41) is 10.7. The second-order valence-electron chi connectivity index (χ2n) is 11.8. The molecule has 0 amide bonds. The van der Waals surface area contributed by atoms with Gasteiger partial charge in [-0.05, 0) is 71.6 Å². The lowest BCUT2D eigenvalue weighted by atomic mass is 9.65. The Hall–Kier alpha value is -3.40. The zero-order chi connectivity index (χ0) is 26.1. The third-order valence-corrected chi connectivity index (χ3v) is 11.5. The van der Waals surface area contributed by atoms with E-state index in [0.29, 0.717) is 11.8 Å². The topological polar surface area (TPSA) is 12.0 Å². The predicted octanol–water partition coefficient (Wildman–Crippen LogP) is 11.0. The lowest BCUT2D eigenvalue weighted by Gasteiger charge is -2.41. The van der Waals surface area contributed by atoms with Crippen LogP contribution in [0.2, 0.25) is 0 Å². The first-order valence-electron chi connectivity index (χ1n) is 14.1. The number of anilines is 1. The molecular formula is C36H31NS2. The van der Waals surface area contributed by atoms with Crippen LogP contribution in [0.3, 0.4) is 0 Å². The third kappa shape index (κ3) is 3.78. The molecule has 2 aliphatic carbocycles. The van der Waals surface area contributed by atoms with E-state index in [1.54, 1.807) is 0 Å². The van der Waals surface area contributed by atoms with Crippen LogP contribution in [-0.4, -0.2) is 0 Å². The number of rotatable bonds is 3. The highest BCUT2D eigenvalue weighted by molar-refractivity contribution is 7.25. The van der Waals surface area contributed by atoms with Crippen molar-refractivity contribution in [2.45, 2.75) is 33.1 Å². The molecule has 2 heterocycles. The minimum absolute atomic E-state index is 0.115. The molecule has 0 radical (unpaired) electrons. The van der Waals surface area contributed by atoms with Crippen molar-refractivity contribution in [3.05, 3.63) is 108 Å². The van der Waals surface area contributed by atoms with Gasteiger partial charge in [-0.15, -0.1) is 22.7 Å². The first-order valence-corrected chi connectivity index (χ1v) is 15.7. The van der Waals surface area contributed by atoms with E-state index in [1.165, 1.54) is 75.7 Å². The van der Waals surface area contributed by atoms with E-state index in [0.717, 1.165) is 6.42 Å². The normalized spacial score (nSPS) is 23.0. The summed E-state index contributed by atoms with van der Waals surface area (Å²) in [6.45, 7) is 4.88. The van der Waals surface area contributed by atoms with Crippen molar-refractivity contribution in [2.75, 3.05) is 5.32 Å². The number of allylic oxidation sites excluding steroid dienone is 3. The van der Waals surface area contributed by atoms with Gasteiger partial charge >= 0.3 is 0 Å². The summed E-state index contributed by atoms with van der Waals surface area (Å²) >= 11 is 3.90. The number of thiophene rings is 2. The molecule has 4 aromatic carbocycles. The van der Waals surface area contributed by atoms with Crippen molar-refractivity contribution >= 4 is 75.1 Å². The maximum Gasteiger partial charge on any atom is 0.0440 e. The van der Waals surface area contributed by atoms with E-state index in [9.17, 15) is 0 Å². The molecule has 0 aliphatic heterocycles. The van der Waals surface area contributed by atoms with Gasteiger partial charge < -0.3 is 5.32 Å². The Morgan fingerprint density at radius 2 is 1.64 bits per heavy atom. The van der Waals surface area contributed by atoms with Crippen molar-refractivity contribution < 1.29 is 0 Å². The van der Waals surface area contributed by atoms with Crippen LogP contribution in [0.15, 0.2) is 97.1 Å². The Bertz CT molecular complexity index is 1970. The molecule has 1 N–H and O–H groups in total. The van der Waals surface area contributed by atoms with Crippen LogP contribution in [0.25, 0.3) is 46.7 Å². The predicted molar refractivity (Wildman–Crippen MR) is 173 cm³/mol. The van der Waals surface area contributed by atoms with E-state index in [4.69, 9.17) is 0 Å². The highest BCUT2D eigenvalue weighted by Crippen LogP contribution is 2.51. The molecule has 2 aliphatic rings. The minimum Gasteiger partial charge on any atom is -0.355 e. The van der Waals surface area contributed by atoms with Gasteiger partial charge in [-0.2, -0.15) is 0 Å². The second kappa shape index (κ2) is 8.81. The van der Waals surface area contributed by atoms with Crippen LogP contribution >= 0.6 is 22.7 Å². The molecule has 3 heteroatoms. The van der Waals surface area contributed by atoms with Crippen LogP contribution in [0.5, 0.6) is 0 Å². The Morgan fingerprint density at radius 1 is 0.821 bits per heavy atom. The van der Waals surface area contributed by atoms with Gasteiger partial charge in [-0.3, -0.25) is 0 Å². The van der Waals surface area contributed by atoms with Gasteiger partial charge in [0.05, 0.1) is 0 Å². The van der Waals surface area contributed by atoms with Gasteiger partial charge in [-0.25, -0.2) is 0 Å². The van der Waals surface area contributed by atoms with Crippen molar-refractivity contribution in [2.24, 2.45) is 17.3 Å². The molecule has 192 valence electrons. The van der Waals surface area contributed by atoms with Gasteiger partial charge in [-0.1, -0.05) is 86.7 Å². The molecule has 0 saturated heterocycles. The lowest BCUT2D eigenvalue weighted by Crippen LogP contribution is -2.33. The second-order valence-corrected chi connectivity index (χ2v) is 14.0. The van der Waals surface area contributed by atoms with Crippen molar-refractivity contribution in [1.82, 2.24) is 0 Å². The summed E-state index contributed by atoms with van der Waals surface area (Å²) in [6.07, 6.45) is 11.0. The number of nitrogens with one attached hydrogen (secondary N) is 1. The van der Waals surface area contributed by atoms with E-state index in [1.807, 2.05) is 22.7 Å². The Labute approximate surface area is 237 Å². The highest BCUT2D eigenvalue weighted by Gasteiger charge is 2.39. The van der Waals surface area contributed by atoms with Gasteiger partial charge in [0.25, 0.3) is 0 Å². The van der Waals surface area contributed by atoms with Gasteiger partial charge in [0.1, 0.15) is 0 Å². The molecule has 0 bridgehead atoms. The fraction of sp³-hybridized carbons (Fsp3) is 0.222. The SMILES string of the molecule is C[C@@H]1C=CCC(C2(C)C=C(Nc3ccc4sc5ccccc5c4c3)c3c(sc4c3ccc3ccccc34)C2)C1. The average Bonchev–Trinajstić information content (AvgIpc) is 3.51. The van der Waals surface area contributed by atoms with E-state index < -0.39 is 0 Å². The van der Waals surface area contributed by atoms with Crippen LogP contribution < -0.4 is 5.32 Å². The number of hydrogen-bond acceptors (Lipinski definition) is 3. The number of hydrogen-bond donors (Lipinski definition) is 1. The van der Waals surface area contributed by atoms with Crippen LogP contribution in [-0.2, 0) is 6.42 Å². The summed E-state index contributed by atoms with van der Waals surface area (Å²) in [7, 11) is 0. The zero-order valence-electron chi connectivity index (χ0n) is 22.3. The first kappa shape index (κ1) is 23.5. The Balaban J connectivity index is 1.30.